The summed E-state index contributed by atoms with van der Waals surface area (Å²) in [5.74, 6) is 0.0399. The van der Waals surface area contributed by atoms with E-state index >= 15 is 0 Å². The monoisotopic (exact) mass is 363 g/mol. The Morgan fingerprint density at radius 3 is 2.71 bits per heavy atom. The number of amides is 1. The SMILES string of the molecule is Cc1c(Cl)c(C(=O)Nc2ccn(Cc3cccc(Cl)c3)n2)nn1C. The summed E-state index contributed by atoms with van der Waals surface area (Å²) in [7, 11) is 1.73. The molecule has 8 heteroatoms. The average Bonchev–Trinajstić information content (AvgIpc) is 3.07. The molecule has 3 rings (SSSR count). The number of halogens is 2. The number of aryl methyl sites for hydroxylation is 1. The van der Waals surface area contributed by atoms with Crippen LogP contribution in [0.5, 0.6) is 0 Å². The van der Waals surface area contributed by atoms with Gasteiger partial charge in [0.15, 0.2) is 11.5 Å². The fourth-order valence-corrected chi connectivity index (χ4v) is 2.70. The van der Waals surface area contributed by atoms with E-state index in [0.29, 0.717) is 22.4 Å². The number of benzene rings is 1. The van der Waals surface area contributed by atoms with Crippen LogP contribution in [-0.2, 0) is 13.6 Å². The Hall–Kier alpha value is -2.31. The molecule has 0 aliphatic rings. The van der Waals surface area contributed by atoms with E-state index in [9.17, 15) is 4.79 Å². The smallest absolute Gasteiger partial charge is 0.278 e. The molecule has 0 aliphatic carbocycles. The van der Waals surface area contributed by atoms with Crippen LogP contribution in [0.3, 0.4) is 0 Å². The molecule has 24 heavy (non-hydrogen) atoms. The number of aromatic nitrogens is 4. The Balaban J connectivity index is 1.71. The Kier molecular flexibility index (Phi) is 4.59. The Bertz CT molecular complexity index is 900. The third-order valence-corrected chi connectivity index (χ3v) is 4.28. The van der Waals surface area contributed by atoms with E-state index < -0.39 is 5.91 Å². The highest BCUT2D eigenvalue weighted by Crippen LogP contribution is 2.20. The number of carbonyl (C=O) groups excluding carboxylic acids is 1. The van der Waals surface area contributed by atoms with Gasteiger partial charge in [-0.05, 0) is 24.6 Å². The van der Waals surface area contributed by atoms with E-state index in [0.717, 1.165) is 11.3 Å². The van der Waals surface area contributed by atoms with Crippen LogP contribution < -0.4 is 5.32 Å². The first kappa shape index (κ1) is 16.5. The van der Waals surface area contributed by atoms with Crippen molar-refractivity contribution in [3.8, 4) is 0 Å². The second-order valence-corrected chi connectivity index (χ2v) is 6.17. The predicted molar refractivity (Wildman–Crippen MR) is 93.7 cm³/mol. The molecule has 0 aliphatic heterocycles. The molecule has 0 radical (unpaired) electrons. The molecule has 0 unspecified atom stereocenters. The molecule has 6 nitrogen and oxygen atoms in total. The second-order valence-electron chi connectivity index (χ2n) is 5.35. The van der Waals surface area contributed by atoms with Gasteiger partial charge >= 0.3 is 0 Å². The largest absolute Gasteiger partial charge is 0.304 e. The van der Waals surface area contributed by atoms with Gasteiger partial charge in [0.2, 0.25) is 0 Å². The van der Waals surface area contributed by atoms with Crippen LogP contribution in [-0.4, -0.2) is 25.5 Å². The summed E-state index contributed by atoms with van der Waals surface area (Å²) in [6, 6.07) is 9.25. The molecule has 0 spiro atoms. The van der Waals surface area contributed by atoms with Gasteiger partial charge in [-0.15, -0.1) is 0 Å². The first-order valence-electron chi connectivity index (χ1n) is 7.22. The summed E-state index contributed by atoms with van der Waals surface area (Å²) in [4.78, 5) is 12.3. The van der Waals surface area contributed by atoms with Crippen molar-refractivity contribution in [3.05, 3.63) is 63.5 Å². The lowest BCUT2D eigenvalue weighted by Crippen LogP contribution is -2.14. The Labute approximate surface area is 149 Å². The molecule has 0 saturated carbocycles. The lowest BCUT2D eigenvalue weighted by atomic mass is 10.2. The van der Waals surface area contributed by atoms with E-state index in [4.69, 9.17) is 23.2 Å². The standard InChI is InChI=1S/C16H15Cl2N5O/c1-10-14(18)15(21-22(10)2)16(24)19-13-6-7-23(20-13)9-11-4-3-5-12(17)8-11/h3-8H,9H2,1-2H3,(H,19,20,24). The molecular formula is C16H15Cl2N5O. The highest BCUT2D eigenvalue weighted by Gasteiger charge is 2.18. The summed E-state index contributed by atoms with van der Waals surface area (Å²) in [5.41, 5.74) is 1.93. The minimum atomic E-state index is -0.392. The normalized spacial score (nSPS) is 10.8. The number of anilines is 1. The maximum absolute atomic E-state index is 12.3. The second kappa shape index (κ2) is 6.67. The number of nitrogens with one attached hydrogen (secondary N) is 1. The Morgan fingerprint density at radius 2 is 2.04 bits per heavy atom. The number of rotatable bonds is 4. The van der Waals surface area contributed by atoms with Crippen LogP contribution in [0.4, 0.5) is 5.82 Å². The van der Waals surface area contributed by atoms with E-state index in [1.165, 1.54) is 0 Å². The minimum Gasteiger partial charge on any atom is -0.304 e. The molecule has 1 N–H and O–H groups in total. The van der Waals surface area contributed by atoms with Gasteiger partial charge in [-0.1, -0.05) is 35.3 Å². The molecule has 0 saturated heterocycles. The summed E-state index contributed by atoms with van der Waals surface area (Å²) >= 11 is 12.1. The van der Waals surface area contributed by atoms with E-state index in [1.807, 2.05) is 24.3 Å². The van der Waals surface area contributed by atoms with Crippen LogP contribution >= 0.6 is 23.2 Å². The van der Waals surface area contributed by atoms with Crippen LogP contribution in [0.2, 0.25) is 10.0 Å². The summed E-state index contributed by atoms with van der Waals surface area (Å²) in [5, 5.41) is 12.2. The van der Waals surface area contributed by atoms with Gasteiger partial charge in [0.05, 0.1) is 17.3 Å². The van der Waals surface area contributed by atoms with Gasteiger partial charge in [0, 0.05) is 24.3 Å². The van der Waals surface area contributed by atoms with Crippen molar-refractivity contribution in [2.45, 2.75) is 13.5 Å². The number of hydrogen-bond acceptors (Lipinski definition) is 3. The molecule has 124 valence electrons. The first-order chi connectivity index (χ1) is 11.4. The third-order valence-electron chi connectivity index (χ3n) is 3.59. The maximum Gasteiger partial charge on any atom is 0.278 e. The zero-order chi connectivity index (χ0) is 17.3. The van der Waals surface area contributed by atoms with Gasteiger partial charge < -0.3 is 5.32 Å². The molecule has 1 amide bonds. The molecule has 0 fully saturated rings. The zero-order valence-electron chi connectivity index (χ0n) is 13.1. The fraction of sp³-hybridized carbons (Fsp3) is 0.188. The molecule has 3 aromatic rings. The van der Waals surface area contributed by atoms with Crippen molar-refractivity contribution in [2.24, 2.45) is 7.05 Å². The average molecular weight is 364 g/mol. The van der Waals surface area contributed by atoms with Gasteiger partial charge in [0.1, 0.15) is 0 Å². The topological polar surface area (TPSA) is 64.7 Å². The molecule has 1 aromatic carbocycles. The van der Waals surface area contributed by atoms with Crippen molar-refractivity contribution in [1.82, 2.24) is 19.6 Å². The van der Waals surface area contributed by atoms with Crippen molar-refractivity contribution < 1.29 is 4.79 Å². The maximum atomic E-state index is 12.3. The van der Waals surface area contributed by atoms with E-state index in [2.05, 4.69) is 15.5 Å². The minimum absolute atomic E-state index is 0.182. The van der Waals surface area contributed by atoms with Crippen LogP contribution in [0.15, 0.2) is 36.5 Å². The lowest BCUT2D eigenvalue weighted by molar-refractivity contribution is 0.102. The summed E-state index contributed by atoms with van der Waals surface area (Å²) < 4.78 is 3.28. The van der Waals surface area contributed by atoms with Gasteiger partial charge in [-0.25, -0.2) is 0 Å². The predicted octanol–water partition coefficient (Wildman–Crippen LogP) is 3.53. The molecule has 2 heterocycles. The third kappa shape index (κ3) is 3.44. The van der Waals surface area contributed by atoms with Gasteiger partial charge in [-0.3, -0.25) is 14.2 Å². The zero-order valence-corrected chi connectivity index (χ0v) is 14.6. The summed E-state index contributed by atoms with van der Waals surface area (Å²) in [6.07, 6.45) is 1.78. The molecule has 2 aromatic heterocycles. The number of carbonyl (C=O) groups is 1. The van der Waals surface area contributed by atoms with Crippen LogP contribution in [0.25, 0.3) is 0 Å². The number of nitrogens with zero attached hydrogens (tertiary/aromatic N) is 4. The lowest BCUT2D eigenvalue weighted by Gasteiger charge is -2.03. The molecular weight excluding hydrogens is 349 g/mol. The first-order valence-corrected chi connectivity index (χ1v) is 7.98. The number of hydrogen-bond donors (Lipinski definition) is 1. The highest BCUT2D eigenvalue weighted by molar-refractivity contribution is 6.34. The highest BCUT2D eigenvalue weighted by atomic mass is 35.5. The van der Waals surface area contributed by atoms with Crippen LogP contribution in [0, 0.1) is 6.92 Å². The van der Waals surface area contributed by atoms with E-state index in [-0.39, 0.29) is 5.69 Å². The quantitative estimate of drug-likeness (QED) is 0.770. The van der Waals surface area contributed by atoms with Crippen LogP contribution in [0.1, 0.15) is 21.7 Å². The van der Waals surface area contributed by atoms with Crippen molar-refractivity contribution in [2.75, 3.05) is 5.32 Å². The van der Waals surface area contributed by atoms with E-state index in [1.54, 1.807) is 35.6 Å². The molecule has 0 bridgehead atoms. The van der Waals surface area contributed by atoms with Crippen molar-refractivity contribution >= 4 is 34.9 Å². The van der Waals surface area contributed by atoms with Crippen molar-refractivity contribution in [3.63, 3.8) is 0 Å². The fourth-order valence-electron chi connectivity index (χ4n) is 2.24. The van der Waals surface area contributed by atoms with Crippen molar-refractivity contribution in [1.29, 1.82) is 0 Å². The Morgan fingerprint density at radius 1 is 1.25 bits per heavy atom. The summed E-state index contributed by atoms with van der Waals surface area (Å²) in [6.45, 7) is 2.35. The molecule has 0 atom stereocenters. The van der Waals surface area contributed by atoms with Gasteiger partial charge in [-0.2, -0.15) is 10.2 Å². The van der Waals surface area contributed by atoms with Gasteiger partial charge in [0.25, 0.3) is 5.91 Å².